The number of likely N-dealkylation sites (tertiary alicyclic amines) is 1. The van der Waals surface area contributed by atoms with E-state index in [1.54, 1.807) is 6.20 Å². The van der Waals surface area contributed by atoms with Crippen LogP contribution in [0.2, 0.25) is 0 Å². The lowest BCUT2D eigenvalue weighted by Gasteiger charge is -2.32. The number of hydrogen-bond acceptors (Lipinski definition) is 3. The van der Waals surface area contributed by atoms with E-state index in [9.17, 15) is 4.79 Å². The van der Waals surface area contributed by atoms with Crippen LogP contribution in [0.5, 0.6) is 0 Å². The van der Waals surface area contributed by atoms with Crippen molar-refractivity contribution in [2.24, 2.45) is 0 Å². The molecule has 0 atom stereocenters. The van der Waals surface area contributed by atoms with Gasteiger partial charge in [0, 0.05) is 13.1 Å². The second-order valence-electron chi connectivity index (χ2n) is 6.22. The average Bonchev–Trinajstić information content (AvgIpc) is 2.68. The fraction of sp³-hybridized carbons (Fsp3) is 0.250. The minimum Gasteiger partial charge on any atom is -0.337 e. The molecule has 0 unspecified atom stereocenters. The molecule has 4 rings (SSSR count). The van der Waals surface area contributed by atoms with Crippen molar-refractivity contribution >= 4 is 16.9 Å². The van der Waals surface area contributed by atoms with E-state index >= 15 is 0 Å². The number of para-hydroxylation sites is 2. The molecule has 1 aromatic heterocycles. The summed E-state index contributed by atoms with van der Waals surface area (Å²) in [5.74, 6) is 0.526. The standard InChI is InChI=1S/C20H19N3O/c24-20(19-14-21-17-8-4-5-9-18(17)22-19)23-12-10-16(11-13-23)15-6-2-1-3-7-15/h1-9,14,16H,10-13H2. The van der Waals surface area contributed by atoms with Crippen molar-refractivity contribution in [3.05, 3.63) is 72.1 Å². The maximum Gasteiger partial charge on any atom is 0.274 e. The van der Waals surface area contributed by atoms with Crippen LogP contribution in [0.25, 0.3) is 11.0 Å². The first-order valence-electron chi connectivity index (χ1n) is 8.37. The molecule has 1 amide bonds. The van der Waals surface area contributed by atoms with Crippen molar-refractivity contribution in [2.75, 3.05) is 13.1 Å². The number of fused-ring (bicyclic) bond motifs is 1. The highest BCUT2D eigenvalue weighted by Gasteiger charge is 2.25. The Kier molecular flexibility index (Phi) is 3.95. The van der Waals surface area contributed by atoms with Gasteiger partial charge in [0.2, 0.25) is 0 Å². The molecule has 24 heavy (non-hydrogen) atoms. The molecule has 0 radical (unpaired) electrons. The number of hydrogen-bond donors (Lipinski definition) is 0. The highest BCUT2D eigenvalue weighted by atomic mass is 16.2. The van der Waals surface area contributed by atoms with Gasteiger partial charge in [-0.05, 0) is 36.5 Å². The van der Waals surface area contributed by atoms with Gasteiger partial charge in [-0.2, -0.15) is 0 Å². The van der Waals surface area contributed by atoms with E-state index in [0.29, 0.717) is 11.6 Å². The van der Waals surface area contributed by atoms with Crippen LogP contribution >= 0.6 is 0 Å². The van der Waals surface area contributed by atoms with Gasteiger partial charge in [-0.15, -0.1) is 0 Å². The number of rotatable bonds is 2. The van der Waals surface area contributed by atoms with E-state index in [4.69, 9.17) is 0 Å². The zero-order valence-electron chi connectivity index (χ0n) is 13.4. The van der Waals surface area contributed by atoms with Gasteiger partial charge in [-0.3, -0.25) is 9.78 Å². The predicted octanol–water partition coefficient (Wildman–Crippen LogP) is 3.65. The normalized spacial score (nSPS) is 15.6. The molecule has 1 fully saturated rings. The molecular weight excluding hydrogens is 298 g/mol. The van der Waals surface area contributed by atoms with Gasteiger partial charge in [0.1, 0.15) is 5.69 Å². The van der Waals surface area contributed by atoms with E-state index in [-0.39, 0.29) is 5.91 Å². The van der Waals surface area contributed by atoms with Crippen LogP contribution in [0.4, 0.5) is 0 Å². The Bertz CT molecular complexity index is 855. The molecule has 4 nitrogen and oxygen atoms in total. The molecule has 0 spiro atoms. The highest BCUT2D eigenvalue weighted by Crippen LogP contribution is 2.28. The van der Waals surface area contributed by atoms with Crippen LogP contribution in [0.1, 0.15) is 34.8 Å². The van der Waals surface area contributed by atoms with Gasteiger partial charge < -0.3 is 4.90 Å². The molecule has 1 aliphatic heterocycles. The van der Waals surface area contributed by atoms with Crippen LogP contribution < -0.4 is 0 Å². The van der Waals surface area contributed by atoms with Gasteiger partial charge in [0.05, 0.1) is 17.2 Å². The third-order valence-corrected chi connectivity index (χ3v) is 4.72. The van der Waals surface area contributed by atoms with Gasteiger partial charge >= 0.3 is 0 Å². The number of amides is 1. The number of carbonyl (C=O) groups excluding carboxylic acids is 1. The SMILES string of the molecule is O=C(c1cnc2ccccc2n1)N1CCC(c2ccccc2)CC1. The quantitative estimate of drug-likeness (QED) is 0.725. The summed E-state index contributed by atoms with van der Waals surface area (Å²) in [6, 6.07) is 18.2. The summed E-state index contributed by atoms with van der Waals surface area (Å²) in [7, 11) is 0. The summed E-state index contributed by atoms with van der Waals surface area (Å²) in [5.41, 5.74) is 3.39. The predicted molar refractivity (Wildman–Crippen MR) is 93.9 cm³/mol. The van der Waals surface area contributed by atoms with Gasteiger partial charge in [0.25, 0.3) is 5.91 Å². The first-order valence-corrected chi connectivity index (χ1v) is 8.37. The van der Waals surface area contributed by atoms with E-state index in [1.807, 2.05) is 35.2 Å². The van der Waals surface area contributed by atoms with Crippen molar-refractivity contribution in [1.82, 2.24) is 14.9 Å². The molecule has 2 aromatic carbocycles. The lowest BCUT2D eigenvalue weighted by molar-refractivity contribution is 0.0707. The highest BCUT2D eigenvalue weighted by molar-refractivity contribution is 5.93. The maximum absolute atomic E-state index is 12.7. The Labute approximate surface area is 141 Å². The molecule has 3 aromatic rings. The largest absolute Gasteiger partial charge is 0.337 e. The van der Waals surface area contributed by atoms with Crippen LogP contribution in [-0.4, -0.2) is 33.9 Å². The van der Waals surface area contributed by atoms with Crippen molar-refractivity contribution < 1.29 is 4.79 Å². The summed E-state index contributed by atoms with van der Waals surface area (Å²) in [6.45, 7) is 1.54. The molecule has 0 bridgehead atoms. The summed E-state index contributed by atoms with van der Waals surface area (Å²) < 4.78 is 0. The molecule has 0 aliphatic carbocycles. The van der Waals surface area contributed by atoms with E-state index < -0.39 is 0 Å². The maximum atomic E-state index is 12.7. The molecule has 2 heterocycles. The monoisotopic (exact) mass is 317 g/mol. The van der Waals surface area contributed by atoms with Crippen LogP contribution in [-0.2, 0) is 0 Å². The lowest BCUT2D eigenvalue weighted by Crippen LogP contribution is -2.38. The molecule has 1 aliphatic rings. The first kappa shape index (κ1) is 14.8. The number of carbonyl (C=O) groups is 1. The van der Waals surface area contributed by atoms with Gasteiger partial charge in [-0.1, -0.05) is 42.5 Å². The zero-order valence-corrected chi connectivity index (χ0v) is 13.4. The number of aromatic nitrogens is 2. The van der Waals surface area contributed by atoms with Crippen molar-refractivity contribution in [1.29, 1.82) is 0 Å². The Hall–Kier alpha value is -2.75. The molecule has 120 valence electrons. The Balaban J connectivity index is 1.47. The molecular formula is C20H19N3O. The summed E-state index contributed by atoms with van der Waals surface area (Å²) in [4.78, 5) is 23.4. The Morgan fingerprint density at radius 2 is 1.58 bits per heavy atom. The topological polar surface area (TPSA) is 46.1 Å². The minimum atomic E-state index is -0.0141. The van der Waals surface area contributed by atoms with Gasteiger partial charge in [-0.25, -0.2) is 4.98 Å². The summed E-state index contributed by atoms with van der Waals surface area (Å²) in [5, 5.41) is 0. The minimum absolute atomic E-state index is 0.0141. The molecule has 1 saturated heterocycles. The van der Waals surface area contributed by atoms with E-state index in [0.717, 1.165) is 37.0 Å². The second kappa shape index (κ2) is 6.40. The van der Waals surface area contributed by atoms with Crippen molar-refractivity contribution in [3.8, 4) is 0 Å². The zero-order chi connectivity index (χ0) is 16.4. The van der Waals surface area contributed by atoms with Crippen molar-refractivity contribution in [2.45, 2.75) is 18.8 Å². The van der Waals surface area contributed by atoms with Gasteiger partial charge in [0.15, 0.2) is 0 Å². The summed E-state index contributed by atoms with van der Waals surface area (Å²) >= 11 is 0. The number of piperidine rings is 1. The molecule has 0 saturated carbocycles. The number of nitrogens with zero attached hydrogens (tertiary/aromatic N) is 3. The molecule has 4 heteroatoms. The molecule has 0 N–H and O–H groups in total. The van der Waals surface area contributed by atoms with E-state index in [1.165, 1.54) is 5.56 Å². The Morgan fingerprint density at radius 1 is 0.917 bits per heavy atom. The fourth-order valence-electron chi connectivity index (χ4n) is 3.36. The average molecular weight is 317 g/mol. The first-order chi connectivity index (χ1) is 11.8. The second-order valence-corrected chi connectivity index (χ2v) is 6.22. The van der Waals surface area contributed by atoms with Crippen LogP contribution in [0.3, 0.4) is 0 Å². The van der Waals surface area contributed by atoms with Crippen LogP contribution in [0, 0.1) is 0 Å². The Morgan fingerprint density at radius 3 is 2.33 bits per heavy atom. The smallest absolute Gasteiger partial charge is 0.274 e. The third-order valence-electron chi connectivity index (χ3n) is 4.72. The summed E-state index contributed by atoms with van der Waals surface area (Å²) in [6.07, 6.45) is 3.58. The third kappa shape index (κ3) is 2.87. The fourth-order valence-corrected chi connectivity index (χ4v) is 3.36. The van der Waals surface area contributed by atoms with Crippen molar-refractivity contribution in [3.63, 3.8) is 0 Å². The van der Waals surface area contributed by atoms with E-state index in [2.05, 4.69) is 34.2 Å². The van der Waals surface area contributed by atoms with Crippen LogP contribution in [0.15, 0.2) is 60.8 Å². The lowest BCUT2D eigenvalue weighted by atomic mass is 9.89. The number of benzene rings is 2.